The van der Waals surface area contributed by atoms with Crippen molar-refractivity contribution in [3.05, 3.63) is 90.8 Å². The number of pyridine rings is 1. The standard InChI is InChI=1S/C31H34Cl2N6O3/c32-27-2-1-3-28(33)26(27)19-23-18-22-8-11-35-31(36-24-4-6-25(7-5-24)38-14-12-34-13-15-38)37-29(22)39(30(23)40)42-20-21-9-16-41-17-10-21/h1-8,18,21,34H,9-17,19-20H2,(H,35,36). The van der Waals surface area contributed by atoms with E-state index in [2.05, 4.69) is 32.7 Å². The van der Waals surface area contributed by atoms with Crippen LogP contribution in [0.2, 0.25) is 10.0 Å². The summed E-state index contributed by atoms with van der Waals surface area (Å²) in [5.41, 5.74) is 3.37. The van der Waals surface area contributed by atoms with Crippen molar-refractivity contribution in [3.8, 4) is 0 Å². The second-order valence-corrected chi connectivity index (χ2v) is 11.5. The first-order chi connectivity index (χ1) is 20.5. The van der Waals surface area contributed by atoms with Crippen LogP contribution in [0, 0.1) is 5.92 Å². The van der Waals surface area contributed by atoms with Crippen LogP contribution in [0.1, 0.15) is 24.0 Å². The van der Waals surface area contributed by atoms with Gasteiger partial charge in [0.15, 0.2) is 5.49 Å². The molecule has 0 atom stereocenters. The van der Waals surface area contributed by atoms with Gasteiger partial charge in [-0.1, -0.05) is 35.3 Å². The third kappa shape index (κ3) is 6.65. The van der Waals surface area contributed by atoms with Gasteiger partial charge in [-0.3, -0.25) is 4.79 Å². The molecular weight excluding hydrogens is 575 g/mol. The Balaban J connectivity index is 1.32. The first-order valence-corrected chi connectivity index (χ1v) is 15.2. The number of hydrogen-bond donors (Lipinski definition) is 2. The number of halogens is 2. The van der Waals surface area contributed by atoms with E-state index in [1.807, 2.05) is 24.3 Å². The molecule has 2 saturated heterocycles. The van der Waals surface area contributed by atoms with Crippen molar-refractivity contribution in [2.24, 2.45) is 15.9 Å². The number of fused-ring (bicyclic) bond motifs is 1. The first-order valence-electron chi connectivity index (χ1n) is 14.4. The number of ether oxygens (including phenoxy) is 1. The maximum Gasteiger partial charge on any atom is 0.288 e. The van der Waals surface area contributed by atoms with Crippen LogP contribution < -0.4 is 36.6 Å². The molecular formula is C31H34Cl2N6O3. The van der Waals surface area contributed by atoms with E-state index in [0.29, 0.717) is 59.0 Å². The Labute approximate surface area is 254 Å². The minimum atomic E-state index is -0.296. The Morgan fingerprint density at radius 2 is 1.79 bits per heavy atom. The van der Waals surface area contributed by atoms with Gasteiger partial charge in [0.25, 0.3) is 5.56 Å². The molecule has 3 aromatic rings. The molecule has 11 heteroatoms. The lowest BCUT2D eigenvalue weighted by Crippen LogP contribution is -2.49. The fourth-order valence-electron chi connectivity index (χ4n) is 5.39. The molecule has 0 unspecified atom stereocenters. The van der Waals surface area contributed by atoms with Crippen molar-refractivity contribution in [1.82, 2.24) is 10.0 Å². The number of nitrogens with zero attached hydrogens (tertiary/aromatic N) is 4. The van der Waals surface area contributed by atoms with E-state index in [1.54, 1.807) is 18.2 Å². The Kier molecular flexibility index (Phi) is 9.09. The summed E-state index contributed by atoms with van der Waals surface area (Å²) in [5.74, 6) is 0.697. The zero-order valence-electron chi connectivity index (χ0n) is 23.3. The number of hydrogen-bond acceptors (Lipinski definition) is 8. The van der Waals surface area contributed by atoms with Crippen LogP contribution in [0.25, 0.3) is 6.08 Å². The molecule has 220 valence electrons. The zero-order chi connectivity index (χ0) is 28.9. The molecule has 2 N–H and O–H groups in total. The molecule has 0 saturated carbocycles. The largest absolute Gasteiger partial charge is 0.408 e. The molecule has 0 bridgehead atoms. The summed E-state index contributed by atoms with van der Waals surface area (Å²) in [4.78, 5) is 31.9. The average Bonchev–Trinajstić information content (AvgIpc) is 3.22. The van der Waals surface area contributed by atoms with Gasteiger partial charge in [0, 0.05) is 78.0 Å². The van der Waals surface area contributed by atoms with Gasteiger partial charge in [0.05, 0.1) is 6.54 Å². The molecule has 1 aromatic heterocycles. The van der Waals surface area contributed by atoms with Gasteiger partial charge in [-0.15, -0.1) is 4.73 Å². The number of anilines is 2. The Hall–Kier alpha value is -3.37. The summed E-state index contributed by atoms with van der Waals surface area (Å²) in [6, 6.07) is 15.4. The van der Waals surface area contributed by atoms with Crippen LogP contribution in [0.4, 0.5) is 11.4 Å². The van der Waals surface area contributed by atoms with Crippen molar-refractivity contribution in [2.75, 3.05) is 62.8 Å². The summed E-state index contributed by atoms with van der Waals surface area (Å²) >= 11 is 12.9. The quantitative estimate of drug-likeness (QED) is 0.428. The molecule has 0 radical (unpaired) electrons. The topological polar surface area (TPSA) is 92.5 Å². The van der Waals surface area contributed by atoms with Gasteiger partial charge in [0.1, 0.15) is 6.61 Å². The van der Waals surface area contributed by atoms with E-state index in [0.717, 1.165) is 49.9 Å². The molecule has 9 nitrogen and oxygen atoms in total. The maximum atomic E-state index is 13.9. The maximum absolute atomic E-state index is 13.9. The van der Waals surface area contributed by atoms with Gasteiger partial charge in [-0.05, 0) is 66.8 Å². The first kappa shape index (κ1) is 28.7. The molecule has 2 aromatic carbocycles. The van der Waals surface area contributed by atoms with E-state index in [1.165, 1.54) is 10.4 Å². The Morgan fingerprint density at radius 3 is 2.52 bits per heavy atom. The molecule has 0 aliphatic carbocycles. The van der Waals surface area contributed by atoms with Crippen molar-refractivity contribution in [3.63, 3.8) is 0 Å². The number of benzene rings is 2. The summed E-state index contributed by atoms with van der Waals surface area (Å²) in [6.07, 6.45) is 3.98. The van der Waals surface area contributed by atoms with Gasteiger partial charge in [-0.2, -0.15) is 4.99 Å². The van der Waals surface area contributed by atoms with E-state index in [9.17, 15) is 4.79 Å². The van der Waals surface area contributed by atoms with Crippen LogP contribution in [0.3, 0.4) is 0 Å². The number of aliphatic imine (C=N–C) groups is 1. The molecule has 0 amide bonds. The van der Waals surface area contributed by atoms with Crippen molar-refractivity contribution >= 4 is 46.6 Å². The zero-order valence-corrected chi connectivity index (χ0v) is 24.8. The average molecular weight is 610 g/mol. The fraction of sp³-hybridized carbons (Fsp3) is 0.387. The van der Waals surface area contributed by atoms with Crippen molar-refractivity contribution in [1.29, 1.82) is 0 Å². The molecule has 3 aliphatic rings. The number of piperazine rings is 1. The highest BCUT2D eigenvalue weighted by molar-refractivity contribution is 6.36. The summed E-state index contributed by atoms with van der Waals surface area (Å²) in [6.45, 7) is 6.09. The van der Waals surface area contributed by atoms with Crippen LogP contribution in [-0.4, -0.2) is 63.2 Å². The van der Waals surface area contributed by atoms with Crippen LogP contribution in [0.15, 0.2) is 63.3 Å². The molecule has 6 rings (SSSR count). The van der Waals surface area contributed by atoms with E-state index >= 15 is 0 Å². The molecule has 4 heterocycles. The second-order valence-electron chi connectivity index (χ2n) is 10.7. The van der Waals surface area contributed by atoms with Crippen molar-refractivity contribution < 1.29 is 9.57 Å². The summed E-state index contributed by atoms with van der Waals surface area (Å²) < 4.78 is 6.82. The van der Waals surface area contributed by atoms with Crippen LogP contribution in [0.5, 0.6) is 0 Å². The fourth-order valence-corrected chi connectivity index (χ4v) is 5.92. The third-order valence-corrected chi connectivity index (χ3v) is 8.53. The van der Waals surface area contributed by atoms with Crippen LogP contribution in [-0.2, 0) is 11.2 Å². The number of rotatable bonds is 7. The van der Waals surface area contributed by atoms with E-state index < -0.39 is 0 Å². The third-order valence-electron chi connectivity index (χ3n) is 7.82. The molecule has 3 aliphatic heterocycles. The van der Waals surface area contributed by atoms with E-state index in [4.69, 9.17) is 37.8 Å². The van der Waals surface area contributed by atoms with Gasteiger partial charge >= 0.3 is 0 Å². The molecule has 2 fully saturated rings. The number of guanidine groups is 1. The predicted molar refractivity (Wildman–Crippen MR) is 168 cm³/mol. The van der Waals surface area contributed by atoms with Crippen LogP contribution >= 0.6 is 23.2 Å². The smallest absolute Gasteiger partial charge is 0.288 e. The molecule has 42 heavy (non-hydrogen) atoms. The minimum Gasteiger partial charge on any atom is -0.408 e. The van der Waals surface area contributed by atoms with E-state index in [-0.39, 0.29) is 17.9 Å². The number of nitrogens with one attached hydrogen (secondary N) is 2. The highest BCUT2D eigenvalue weighted by Crippen LogP contribution is 2.26. The summed E-state index contributed by atoms with van der Waals surface area (Å²) in [7, 11) is 0. The lowest BCUT2D eigenvalue weighted by Gasteiger charge is -2.29. The lowest BCUT2D eigenvalue weighted by atomic mass is 10.0. The predicted octanol–water partition coefficient (Wildman–Crippen LogP) is 2.89. The highest BCUT2D eigenvalue weighted by Gasteiger charge is 2.19. The van der Waals surface area contributed by atoms with Crippen molar-refractivity contribution in [2.45, 2.75) is 19.3 Å². The monoisotopic (exact) mass is 608 g/mol. The summed E-state index contributed by atoms with van der Waals surface area (Å²) in [5, 5.41) is 8.49. The Morgan fingerprint density at radius 1 is 1.05 bits per heavy atom. The lowest BCUT2D eigenvalue weighted by molar-refractivity contribution is 0.00860. The highest BCUT2D eigenvalue weighted by atomic mass is 35.5. The number of aromatic nitrogens is 1. The molecule has 0 spiro atoms. The normalized spacial score (nSPS) is 17.4. The Bertz CT molecular complexity index is 1610. The van der Waals surface area contributed by atoms with Gasteiger partial charge in [0.2, 0.25) is 5.96 Å². The SMILES string of the molecule is O=c1c(Cc2c(Cl)cccc2Cl)cc2c(n1OCC1CCOCC1)=NC(Nc1ccc(N3CCNCC3)cc1)=NCC=2. The van der Waals surface area contributed by atoms with Gasteiger partial charge in [-0.25, -0.2) is 4.99 Å². The minimum absolute atomic E-state index is 0.268. The second kappa shape index (κ2) is 13.3. The van der Waals surface area contributed by atoms with Gasteiger partial charge < -0.3 is 25.1 Å².